The molecule has 0 saturated heterocycles. The summed E-state index contributed by atoms with van der Waals surface area (Å²) in [6, 6.07) is -1.31. The highest BCUT2D eigenvalue weighted by Gasteiger charge is 2.15. The number of hydrogen-bond donors (Lipinski definition) is 2. The Morgan fingerprint density at radius 2 is 2.36 bits per heavy atom. The van der Waals surface area contributed by atoms with Crippen molar-refractivity contribution < 1.29 is 9.59 Å². The minimum atomic E-state index is -0.831. The highest BCUT2D eigenvalue weighted by Crippen LogP contribution is 2.17. The van der Waals surface area contributed by atoms with Gasteiger partial charge in [-0.15, -0.1) is 0 Å². The number of nitrogens with two attached hydrogens (primary N) is 1. The van der Waals surface area contributed by atoms with E-state index < -0.39 is 12.1 Å². The molecule has 0 aromatic rings. The first-order chi connectivity index (χ1) is 5.20. The first kappa shape index (κ1) is 7.93. The number of amides is 4. The van der Waals surface area contributed by atoms with Crippen molar-refractivity contribution in [3.63, 3.8) is 0 Å². The number of nitrogens with one attached hydrogen (secondary N) is 1. The molecule has 11 heavy (non-hydrogen) atoms. The van der Waals surface area contributed by atoms with Crippen LogP contribution in [0.25, 0.3) is 0 Å². The number of imide groups is 1. The number of primary amides is 1. The quantitative estimate of drug-likeness (QED) is 0.515. The van der Waals surface area contributed by atoms with Crippen molar-refractivity contribution in [2.45, 2.75) is 0 Å². The molecule has 4 amide bonds. The van der Waals surface area contributed by atoms with Gasteiger partial charge in [0.1, 0.15) is 0 Å². The molecule has 0 spiro atoms. The summed E-state index contributed by atoms with van der Waals surface area (Å²) < 4.78 is 1.38. The predicted octanol–water partition coefficient (Wildman–Crippen LogP) is 0.252. The van der Waals surface area contributed by atoms with Crippen LogP contribution in [0, 0.1) is 0 Å². The summed E-state index contributed by atoms with van der Waals surface area (Å²) in [5, 5.41) is 3.71. The second kappa shape index (κ2) is 3.29. The lowest BCUT2D eigenvalue weighted by molar-refractivity contribution is 0.222. The molecule has 1 rings (SSSR count). The standard InChI is InChI=1S/C5H7N3O2S/c6-4(9)7-5(10)8-2-1-3-11-8/h1,3H,2H2,(H3,6,7,9,10). The van der Waals surface area contributed by atoms with E-state index in [2.05, 4.69) is 0 Å². The lowest BCUT2D eigenvalue weighted by Gasteiger charge is -2.11. The predicted molar refractivity (Wildman–Crippen MR) is 41.6 cm³/mol. The summed E-state index contributed by atoms with van der Waals surface area (Å²) in [5.74, 6) is 0. The largest absolute Gasteiger partial charge is 0.351 e. The molecule has 60 valence electrons. The molecule has 0 aromatic carbocycles. The molecule has 1 aliphatic rings. The SMILES string of the molecule is NC(=O)NC(=O)N1CC=CS1. The van der Waals surface area contributed by atoms with Gasteiger partial charge in [0.2, 0.25) is 0 Å². The molecular weight excluding hydrogens is 166 g/mol. The van der Waals surface area contributed by atoms with Gasteiger partial charge in [0.25, 0.3) is 0 Å². The molecular formula is C5H7N3O2S. The topological polar surface area (TPSA) is 75.4 Å². The van der Waals surface area contributed by atoms with Crippen molar-refractivity contribution in [2.24, 2.45) is 5.73 Å². The summed E-state index contributed by atoms with van der Waals surface area (Å²) in [6.07, 6.45) is 1.81. The second-order valence-electron chi connectivity index (χ2n) is 1.83. The number of rotatable bonds is 0. The smallest absolute Gasteiger partial charge is 0.336 e. The van der Waals surface area contributed by atoms with E-state index in [0.717, 1.165) is 0 Å². The summed E-state index contributed by atoms with van der Waals surface area (Å²) in [7, 11) is 0. The maximum Gasteiger partial charge on any atom is 0.336 e. The van der Waals surface area contributed by atoms with Gasteiger partial charge in [-0.25, -0.2) is 9.59 Å². The zero-order chi connectivity index (χ0) is 8.27. The van der Waals surface area contributed by atoms with Crippen LogP contribution in [0.5, 0.6) is 0 Å². The first-order valence-electron chi connectivity index (χ1n) is 2.90. The van der Waals surface area contributed by atoms with Gasteiger partial charge in [-0.1, -0.05) is 6.08 Å². The number of carbonyl (C=O) groups excluding carboxylic acids is 2. The lowest BCUT2D eigenvalue weighted by atomic mass is 10.6. The fourth-order valence-corrected chi connectivity index (χ4v) is 1.23. The van der Waals surface area contributed by atoms with Gasteiger partial charge in [-0.2, -0.15) is 0 Å². The maximum absolute atomic E-state index is 10.9. The Morgan fingerprint density at radius 1 is 1.64 bits per heavy atom. The Morgan fingerprint density at radius 3 is 2.82 bits per heavy atom. The van der Waals surface area contributed by atoms with E-state index in [-0.39, 0.29) is 0 Å². The van der Waals surface area contributed by atoms with Gasteiger partial charge in [-0.3, -0.25) is 9.62 Å². The van der Waals surface area contributed by atoms with Gasteiger partial charge in [0, 0.05) is 0 Å². The van der Waals surface area contributed by atoms with Crippen molar-refractivity contribution in [3.05, 3.63) is 11.5 Å². The summed E-state index contributed by atoms with van der Waals surface area (Å²) in [6.45, 7) is 0.504. The van der Waals surface area contributed by atoms with Crippen LogP contribution in [0.1, 0.15) is 0 Å². The van der Waals surface area contributed by atoms with E-state index in [1.807, 2.05) is 11.4 Å². The normalized spacial score (nSPS) is 15.1. The third kappa shape index (κ3) is 2.15. The Balaban J connectivity index is 2.36. The van der Waals surface area contributed by atoms with Crippen molar-refractivity contribution >= 4 is 24.0 Å². The minimum Gasteiger partial charge on any atom is -0.351 e. The summed E-state index contributed by atoms with van der Waals surface area (Å²) in [4.78, 5) is 21.1. The molecule has 0 aromatic heterocycles. The molecule has 1 heterocycles. The van der Waals surface area contributed by atoms with Crippen LogP contribution in [-0.2, 0) is 0 Å². The van der Waals surface area contributed by atoms with Crippen LogP contribution >= 0.6 is 11.9 Å². The van der Waals surface area contributed by atoms with E-state index in [0.29, 0.717) is 6.54 Å². The molecule has 0 bridgehead atoms. The minimum absolute atomic E-state index is 0.479. The molecule has 3 N–H and O–H groups in total. The Hall–Kier alpha value is -1.17. The summed E-state index contributed by atoms with van der Waals surface area (Å²) in [5.41, 5.74) is 4.73. The average molecular weight is 173 g/mol. The number of carbonyl (C=O) groups is 2. The molecule has 6 heteroatoms. The fourth-order valence-electron chi connectivity index (χ4n) is 0.597. The van der Waals surface area contributed by atoms with Crippen molar-refractivity contribution in [1.29, 1.82) is 0 Å². The third-order valence-electron chi connectivity index (χ3n) is 1.01. The number of hydrogen-bond acceptors (Lipinski definition) is 3. The van der Waals surface area contributed by atoms with Gasteiger partial charge < -0.3 is 5.73 Å². The fraction of sp³-hybridized carbons (Fsp3) is 0.200. The average Bonchev–Trinajstić information content (AvgIpc) is 2.35. The van der Waals surface area contributed by atoms with Gasteiger partial charge >= 0.3 is 12.1 Å². The van der Waals surface area contributed by atoms with Crippen molar-refractivity contribution in [1.82, 2.24) is 9.62 Å². The van der Waals surface area contributed by atoms with Crippen LogP contribution in [0.3, 0.4) is 0 Å². The van der Waals surface area contributed by atoms with E-state index in [9.17, 15) is 9.59 Å². The second-order valence-corrected chi connectivity index (χ2v) is 2.76. The highest BCUT2D eigenvalue weighted by molar-refractivity contribution is 8.00. The lowest BCUT2D eigenvalue weighted by Crippen LogP contribution is -2.41. The van der Waals surface area contributed by atoms with E-state index in [1.165, 1.54) is 16.3 Å². The molecule has 0 saturated carbocycles. The van der Waals surface area contributed by atoms with Crippen LogP contribution in [0.2, 0.25) is 0 Å². The van der Waals surface area contributed by atoms with Gasteiger partial charge in [-0.05, 0) is 17.4 Å². The highest BCUT2D eigenvalue weighted by atomic mass is 32.2. The monoisotopic (exact) mass is 173 g/mol. The Bertz CT molecular complexity index is 208. The Labute approximate surface area is 67.7 Å². The van der Waals surface area contributed by atoms with Gasteiger partial charge in [0.15, 0.2) is 0 Å². The van der Waals surface area contributed by atoms with Crippen LogP contribution in [-0.4, -0.2) is 22.9 Å². The molecule has 0 fully saturated rings. The molecule has 5 nitrogen and oxygen atoms in total. The van der Waals surface area contributed by atoms with Crippen molar-refractivity contribution in [3.8, 4) is 0 Å². The molecule has 0 unspecified atom stereocenters. The maximum atomic E-state index is 10.9. The van der Waals surface area contributed by atoms with E-state index in [1.54, 1.807) is 5.41 Å². The van der Waals surface area contributed by atoms with E-state index in [4.69, 9.17) is 5.73 Å². The molecule has 0 atom stereocenters. The number of nitrogens with zero attached hydrogens (tertiary/aromatic N) is 1. The summed E-state index contributed by atoms with van der Waals surface area (Å²) >= 11 is 1.23. The zero-order valence-electron chi connectivity index (χ0n) is 5.61. The van der Waals surface area contributed by atoms with Crippen LogP contribution in [0.15, 0.2) is 11.5 Å². The van der Waals surface area contributed by atoms with Crippen LogP contribution < -0.4 is 11.1 Å². The third-order valence-corrected chi connectivity index (χ3v) is 1.90. The zero-order valence-corrected chi connectivity index (χ0v) is 6.43. The van der Waals surface area contributed by atoms with E-state index >= 15 is 0 Å². The van der Waals surface area contributed by atoms with Crippen molar-refractivity contribution in [2.75, 3.05) is 6.54 Å². The Kier molecular flexibility index (Phi) is 2.37. The molecule has 1 aliphatic heterocycles. The molecule has 0 radical (unpaired) electrons. The van der Waals surface area contributed by atoms with Gasteiger partial charge in [0.05, 0.1) is 6.54 Å². The number of urea groups is 2. The van der Waals surface area contributed by atoms with Crippen LogP contribution in [0.4, 0.5) is 9.59 Å². The molecule has 0 aliphatic carbocycles. The first-order valence-corrected chi connectivity index (χ1v) is 3.73.